The maximum Gasteiger partial charge on any atom is 0.264 e. The van der Waals surface area contributed by atoms with Gasteiger partial charge in [0, 0.05) is 23.1 Å². The zero-order chi connectivity index (χ0) is 18.7. The number of carbonyl (C=O) groups excluding carboxylic acids is 2. The number of piperidine rings is 1. The van der Waals surface area contributed by atoms with Crippen molar-refractivity contribution in [1.29, 1.82) is 5.26 Å². The van der Waals surface area contributed by atoms with Crippen LogP contribution in [0.15, 0.2) is 28.7 Å². The van der Waals surface area contributed by atoms with Gasteiger partial charge in [0.1, 0.15) is 11.1 Å². The minimum absolute atomic E-state index is 0.0483. The molecule has 26 heavy (non-hydrogen) atoms. The van der Waals surface area contributed by atoms with Gasteiger partial charge in [-0.25, -0.2) is 0 Å². The minimum atomic E-state index is -0.299. The summed E-state index contributed by atoms with van der Waals surface area (Å²) >= 11 is 4.52. The fourth-order valence-electron chi connectivity index (χ4n) is 2.96. The first kappa shape index (κ1) is 18.6. The van der Waals surface area contributed by atoms with Gasteiger partial charge in [0.05, 0.1) is 10.4 Å². The maximum absolute atomic E-state index is 12.8. The molecule has 0 spiro atoms. The van der Waals surface area contributed by atoms with E-state index in [1.54, 1.807) is 31.2 Å². The second kappa shape index (κ2) is 8.02. The van der Waals surface area contributed by atoms with Crippen LogP contribution in [0.3, 0.4) is 0 Å². The molecular formula is C19H18BrN3O2S. The molecular weight excluding hydrogens is 414 g/mol. The lowest BCUT2D eigenvalue weighted by atomic mass is 10.1. The number of hydrogen-bond acceptors (Lipinski definition) is 4. The number of amides is 2. The van der Waals surface area contributed by atoms with Crippen molar-refractivity contribution in [1.82, 2.24) is 4.90 Å². The van der Waals surface area contributed by atoms with E-state index >= 15 is 0 Å². The predicted molar refractivity (Wildman–Crippen MR) is 106 cm³/mol. The Kier molecular flexibility index (Phi) is 5.74. The molecule has 2 aromatic rings. The Balaban J connectivity index is 1.85. The molecule has 0 atom stereocenters. The molecule has 0 aliphatic carbocycles. The number of benzene rings is 1. The lowest BCUT2D eigenvalue weighted by Gasteiger charge is -2.26. The Bertz CT molecular complexity index is 877. The van der Waals surface area contributed by atoms with Crippen molar-refractivity contribution < 1.29 is 9.59 Å². The highest BCUT2D eigenvalue weighted by molar-refractivity contribution is 9.10. The number of hydrogen-bond donors (Lipinski definition) is 1. The number of likely N-dealkylation sites (tertiary alicyclic amines) is 1. The van der Waals surface area contributed by atoms with Crippen LogP contribution in [0, 0.1) is 18.3 Å². The van der Waals surface area contributed by atoms with Crippen molar-refractivity contribution >= 4 is 44.1 Å². The topological polar surface area (TPSA) is 73.2 Å². The fourth-order valence-corrected chi connectivity index (χ4v) is 4.34. The second-order valence-electron chi connectivity index (χ2n) is 6.19. The van der Waals surface area contributed by atoms with Crippen LogP contribution in [0.1, 0.15) is 50.4 Å². The van der Waals surface area contributed by atoms with E-state index in [0.717, 1.165) is 36.8 Å². The predicted octanol–water partition coefficient (Wildman–Crippen LogP) is 4.57. The zero-order valence-corrected chi connectivity index (χ0v) is 16.7. The summed E-state index contributed by atoms with van der Waals surface area (Å²) in [6, 6.07) is 9.09. The molecule has 0 saturated carbocycles. The van der Waals surface area contributed by atoms with Crippen molar-refractivity contribution in [3.8, 4) is 6.07 Å². The molecule has 1 aromatic carbocycles. The second-order valence-corrected chi connectivity index (χ2v) is 8.12. The van der Waals surface area contributed by atoms with Gasteiger partial charge in [0.2, 0.25) is 0 Å². The van der Waals surface area contributed by atoms with Gasteiger partial charge in [0.15, 0.2) is 0 Å². The van der Waals surface area contributed by atoms with E-state index in [2.05, 4.69) is 27.3 Å². The number of anilines is 1. The zero-order valence-electron chi connectivity index (χ0n) is 14.3. The third-order valence-corrected chi connectivity index (χ3v) is 6.15. The summed E-state index contributed by atoms with van der Waals surface area (Å²) in [4.78, 5) is 27.6. The Labute approximate surface area is 164 Å². The van der Waals surface area contributed by atoms with Gasteiger partial charge in [-0.1, -0.05) is 15.9 Å². The average Bonchev–Trinajstić information content (AvgIpc) is 2.97. The SMILES string of the molecule is Cc1c(C(=O)N2CCCCC2)sc(NC(=O)c2ccc(Br)cc2)c1C#N. The van der Waals surface area contributed by atoms with Crippen LogP contribution in [0.4, 0.5) is 5.00 Å². The Hall–Kier alpha value is -2.17. The molecule has 5 nitrogen and oxygen atoms in total. The van der Waals surface area contributed by atoms with Crippen LogP contribution in [-0.2, 0) is 0 Å². The minimum Gasteiger partial charge on any atom is -0.338 e. The van der Waals surface area contributed by atoms with Gasteiger partial charge in [-0.15, -0.1) is 11.3 Å². The highest BCUT2D eigenvalue weighted by atomic mass is 79.9. The third-order valence-electron chi connectivity index (χ3n) is 4.43. The molecule has 0 bridgehead atoms. The number of carbonyl (C=O) groups is 2. The van der Waals surface area contributed by atoms with E-state index < -0.39 is 0 Å². The van der Waals surface area contributed by atoms with Crippen LogP contribution < -0.4 is 5.32 Å². The molecule has 2 amide bonds. The van der Waals surface area contributed by atoms with Crippen LogP contribution in [0.2, 0.25) is 0 Å². The van der Waals surface area contributed by atoms with E-state index in [1.807, 2.05) is 4.90 Å². The Morgan fingerprint density at radius 3 is 2.46 bits per heavy atom. The Morgan fingerprint density at radius 1 is 1.19 bits per heavy atom. The van der Waals surface area contributed by atoms with E-state index in [9.17, 15) is 14.9 Å². The number of thiophene rings is 1. The summed E-state index contributed by atoms with van der Waals surface area (Å²) in [5, 5.41) is 12.7. The van der Waals surface area contributed by atoms with E-state index in [-0.39, 0.29) is 11.8 Å². The van der Waals surface area contributed by atoms with Crippen LogP contribution >= 0.6 is 27.3 Å². The molecule has 1 aliphatic rings. The van der Waals surface area contributed by atoms with Gasteiger partial charge in [-0.3, -0.25) is 9.59 Å². The summed E-state index contributed by atoms with van der Waals surface area (Å²) in [5.74, 6) is -0.347. The molecule has 2 heterocycles. The summed E-state index contributed by atoms with van der Waals surface area (Å²) in [7, 11) is 0. The van der Waals surface area contributed by atoms with Crippen molar-refractivity contribution in [3.05, 3.63) is 50.3 Å². The highest BCUT2D eigenvalue weighted by Gasteiger charge is 2.26. The lowest BCUT2D eigenvalue weighted by molar-refractivity contribution is 0.0728. The number of nitriles is 1. The van der Waals surface area contributed by atoms with Crippen molar-refractivity contribution in [2.75, 3.05) is 18.4 Å². The lowest BCUT2D eigenvalue weighted by Crippen LogP contribution is -2.35. The standard InChI is InChI=1S/C19H18BrN3O2S/c1-12-15(11-21)18(22-17(24)13-5-7-14(20)8-6-13)26-16(12)19(25)23-9-3-2-4-10-23/h5-8H,2-4,9-10H2,1H3,(H,22,24). The largest absolute Gasteiger partial charge is 0.338 e. The first-order valence-electron chi connectivity index (χ1n) is 8.41. The van der Waals surface area contributed by atoms with Gasteiger partial charge in [-0.2, -0.15) is 5.26 Å². The van der Waals surface area contributed by atoms with E-state index in [1.165, 1.54) is 11.3 Å². The molecule has 3 rings (SSSR count). The van der Waals surface area contributed by atoms with Gasteiger partial charge in [-0.05, 0) is 56.0 Å². The first-order chi connectivity index (χ1) is 12.5. The molecule has 1 N–H and O–H groups in total. The smallest absolute Gasteiger partial charge is 0.264 e. The van der Waals surface area contributed by atoms with Crippen LogP contribution in [0.5, 0.6) is 0 Å². The fraction of sp³-hybridized carbons (Fsp3) is 0.316. The molecule has 1 fully saturated rings. The average molecular weight is 432 g/mol. The first-order valence-corrected chi connectivity index (χ1v) is 10.0. The quantitative estimate of drug-likeness (QED) is 0.773. The third kappa shape index (κ3) is 3.81. The summed E-state index contributed by atoms with van der Waals surface area (Å²) < 4.78 is 0.883. The molecule has 7 heteroatoms. The molecule has 1 aromatic heterocycles. The molecule has 1 saturated heterocycles. The normalized spacial score (nSPS) is 14.0. The van der Waals surface area contributed by atoms with Gasteiger partial charge >= 0.3 is 0 Å². The Morgan fingerprint density at radius 2 is 1.85 bits per heavy atom. The van der Waals surface area contributed by atoms with Crippen LogP contribution in [-0.4, -0.2) is 29.8 Å². The van der Waals surface area contributed by atoms with Crippen molar-refractivity contribution in [3.63, 3.8) is 0 Å². The molecule has 1 aliphatic heterocycles. The van der Waals surface area contributed by atoms with Gasteiger partial charge < -0.3 is 10.2 Å². The summed E-state index contributed by atoms with van der Waals surface area (Å²) in [5.41, 5.74) is 1.49. The molecule has 0 radical (unpaired) electrons. The monoisotopic (exact) mass is 431 g/mol. The van der Waals surface area contributed by atoms with Crippen molar-refractivity contribution in [2.24, 2.45) is 0 Å². The highest BCUT2D eigenvalue weighted by Crippen LogP contribution is 2.34. The number of halogens is 1. The number of nitrogens with one attached hydrogen (secondary N) is 1. The van der Waals surface area contributed by atoms with Crippen LogP contribution in [0.25, 0.3) is 0 Å². The maximum atomic E-state index is 12.8. The van der Waals surface area contributed by atoms with Crippen molar-refractivity contribution in [2.45, 2.75) is 26.2 Å². The summed E-state index contributed by atoms with van der Waals surface area (Å²) in [6.07, 6.45) is 3.16. The molecule has 0 unspecified atom stereocenters. The number of nitrogens with zero attached hydrogens (tertiary/aromatic N) is 2. The molecule has 134 valence electrons. The van der Waals surface area contributed by atoms with E-state index in [4.69, 9.17) is 0 Å². The van der Waals surface area contributed by atoms with E-state index in [0.29, 0.717) is 26.6 Å². The van der Waals surface area contributed by atoms with Gasteiger partial charge in [0.25, 0.3) is 11.8 Å². The number of rotatable bonds is 3. The summed E-state index contributed by atoms with van der Waals surface area (Å²) in [6.45, 7) is 3.26.